The van der Waals surface area contributed by atoms with Crippen molar-refractivity contribution in [2.45, 2.75) is 26.8 Å². The van der Waals surface area contributed by atoms with E-state index in [1.807, 2.05) is 12.1 Å². The lowest BCUT2D eigenvalue weighted by atomic mass is 10.1. The fourth-order valence-electron chi connectivity index (χ4n) is 1.85. The van der Waals surface area contributed by atoms with Crippen molar-refractivity contribution in [3.05, 3.63) is 46.6 Å². The second-order valence-corrected chi connectivity index (χ2v) is 5.68. The Morgan fingerprint density at radius 3 is 2.72 bits per heavy atom. The van der Waals surface area contributed by atoms with E-state index in [0.717, 1.165) is 24.1 Å². The third-order valence-electron chi connectivity index (χ3n) is 2.81. The summed E-state index contributed by atoms with van der Waals surface area (Å²) < 4.78 is 13.7. The van der Waals surface area contributed by atoms with Crippen LogP contribution in [0, 0.1) is 12.7 Å². The summed E-state index contributed by atoms with van der Waals surface area (Å²) >= 11 is 1.74. The summed E-state index contributed by atoms with van der Waals surface area (Å²) in [6.45, 7) is 5.70. The number of nitrogens with one attached hydrogen (secondary N) is 1. The van der Waals surface area contributed by atoms with E-state index in [4.69, 9.17) is 0 Å². The van der Waals surface area contributed by atoms with E-state index >= 15 is 0 Å². The Hall–Kier alpha value is -1.19. The second kappa shape index (κ2) is 6.12. The lowest BCUT2D eigenvalue weighted by molar-refractivity contribution is 0.587. The molecule has 0 aliphatic carbocycles. The molecule has 1 aromatic heterocycles. The molecular weight excluding hydrogens is 245 g/mol. The van der Waals surface area contributed by atoms with Gasteiger partial charge < -0.3 is 5.32 Å². The van der Waals surface area contributed by atoms with E-state index in [1.54, 1.807) is 17.4 Å². The molecular formula is C15H18FNS. The molecule has 0 saturated carbocycles. The molecule has 96 valence electrons. The van der Waals surface area contributed by atoms with Gasteiger partial charge >= 0.3 is 0 Å². The summed E-state index contributed by atoms with van der Waals surface area (Å²) in [6.07, 6.45) is 1.06. The van der Waals surface area contributed by atoms with E-state index in [-0.39, 0.29) is 5.82 Å². The van der Waals surface area contributed by atoms with E-state index in [1.165, 1.54) is 9.75 Å². The van der Waals surface area contributed by atoms with E-state index in [2.05, 4.69) is 31.3 Å². The van der Waals surface area contributed by atoms with Crippen LogP contribution in [0.5, 0.6) is 0 Å². The first-order chi connectivity index (χ1) is 8.70. The number of aryl methyl sites for hydroxylation is 1. The van der Waals surface area contributed by atoms with E-state index < -0.39 is 0 Å². The van der Waals surface area contributed by atoms with Crippen molar-refractivity contribution < 1.29 is 4.39 Å². The highest BCUT2D eigenvalue weighted by Crippen LogP contribution is 2.28. The average molecular weight is 263 g/mol. The van der Waals surface area contributed by atoms with Gasteiger partial charge in [-0.2, -0.15) is 0 Å². The Kier molecular flexibility index (Phi) is 4.50. The SMILES string of the molecule is CCCNCc1cc(-c2ccc(C)s2)ccc1F. The first kappa shape index (κ1) is 13.2. The number of hydrogen-bond acceptors (Lipinski definition) is 2. The lowest BCUT2D eigenvalue weighted by Gasteiger charge is -2.07. The molecule has 0 amide bonds. The Labute approximate surface area is 112 Å². The lowest BCUT2D eigenvalue weighted by Crippen LogP contribution is -2.14. The van der Waals surface area contributed by atoms with Crippen LogP contribution in [-0.2, 0) is 6.54 Å². The molecule has 0 bridgehead atoms. The maximum absolute atomic E-state index is 13.7. The van der Waals surface area contributed by atoms with E-state index in [0.29, 0.717) is 6.54 Å². The van der Waals surface area contributed by atoms with Crippen LogP contribution in [0.2, 0.25) is 0 Å². The fraction of sp³-hybridized carbons (Fsp3) is 0.333. The Balaban J connectivity index is 2.20. The topological polar surface area (TPSA) is 12.0 Å². The van der Waals surface area contributed by atoms with Crippen molar-refractivity contribution >= 4 is 11.3 Å². The van der Waals surface area contributed by atoms with Gasteiger partial charge in [-0.25, -0.2) is 4.39 Å². The standard InChI is InChI=1S/C15H18FNS/c1-3-8-17-10-13-9-12(5-6-14(13)16)15-7-4-11(2)18-15/h4-7,9,17H,3,8,10H2,1-2H3. The summed E-state index contributed by atoms with van der Waals surface area (Å²) in [5.74, 6) is -0.129. The van der Waals surface area contributed by atoms with Crippen molar-refractivity contribution in [1.29, 1.82) is 0 Å². The van der Waals surface area contributed by atoms with Crippen molar-refractivity contribution in [3.63, 3.8) is 0 Å². The van der Waals surface area contributed by atoms with Crippen molar-refractivity contribution in [2.75, 3.05) is 6.54 Å². The van der Waals surface area contributed by atoms with Crippen LogP contribution in [0.1, 0.15) is 23.8 Å². The van der Waals surface area contributed by atoms with Gasteiger partial charge in [-0.1, -0.05) is 13.0 Å². The van der Waals surface area contributed by atoms with Crippen LogP contribution in [0.15, 0.2) is 30.3 Å². The molecule has 18 heavy (non-hydrogen) atoms. The van der Waals surface area contributed by atoms with Gasteiger partial charge in [0.2, 0.25) is 0 Å². The Bertz CT molecular complexity index is 519. The van der Waals surface area contributed by atoms with Gasteiger partial charge in [-0.3, -0.25) is 0 Å². The Morgan fingerprint density at radius 2 is 2.06 bits per heavy atom. The zero-order valence-electron chi connectivity index (χ0n) is 10.8. The van der Waals surface area contributed by atoms with Gasteiger partial charge in [-0.15, -0.1) is 11.3 Å². The molecule has 1 N–H and O–H groups in total. The molecule has 3 heteroatoms. The maximum atomic E-state index is 13.7. The molecule has 0 radical (unpaired) electrons. The van der Waals surface area contributed by atoms with Crippen molar-refractivity contribution in [3.8, 4) is 10.4 Å². The molecule has 1 nitrogen and oxygen atoms in total. The number of thiophene rings is 1. The normalized spacial score (nSPS) is 10.8. The fourth-order valence-corrected chi connectivity index (χ4v) is 2.72. The molecule has 0 atom stereocenters. The number of hydrogen-bond donors (Lipinski definition) is 1. The monoisotopic (exact) mass is 263 g/mol. The highest BCUT2D eigenvalue weighted by molar-refractivity contribution is 7.15. The minimum absolute atomic E-state index is 0.129. The molecule has 0 aliphatic heterocycles. The predicted molar refractivity (Wildman–Crippen MR) is 76.4 cm³/mol. The van der Waals surface area contributed by atoms with Crippen molar-refractivity contribution in [1.82, 2.24) is 5.32 Å². The summed E-state index contributed by atoms with van der Waals surface area (Å²) in [6, 6.07) is 9.55. The van der Waals surface area contributed by atoms with Crippen LogP contribution in [0.4, 0.5) is 4.39 Å². The van der Waals surface area contributed by atoms with Gasteiger partial charge in [0, 0.05) is 21.9 Å². The zero-order valence-corrected chi connectivity index (χ0v) is 11.6. The molecule has 2 rings (SSSR count). The smallest absolute Gasteiger partial charge is 0.127 e. The van der Waals surface area contributed by atoms with Gasteiger partial charge in [0.1, 0.15) is 5.82 Å². The molecule has 0 fully saturated rings. The highest BCUT2D eigenvalue weighted by atomic mass is 32.1. The van der Waals surface area contributed by atoms with Crippen LogP contribution in [0.25, 0.3) is 10.4 Å². The summed E-state index contributed by atoms with van der Waals surface area (Å²) in [5.41, 5.74) is 1.84. The first-order valence-electron chi connectivity index (χ1n) is 6.26. The largest absolute Gasteiger partial charge is 0.313 e. The molecule has 0 saturated heterocycles. The van der Waals surface area contributed by atoms with Crippen LogP contribution >= 0.6 is 11.3 Å². The molecule has 0 aliphatic rings. The second-order valence-electron chi connectivity index (χ2n) is 4.39. The zero-order chi connectivity index (χ0) is 13.0. The number of halogens is 1. The molecule has 1 heterocycles. The van der Waals surface area contributed by atoms with Crippen LogP contribution < -0.4 is 5.32 Å². The number of rotatable bonds is 5. The average Bonchev–Trinajstić information content (AvgIpc) is 2.78. The molecule has 2 aromatic rings. The minimum atomic E-state index is -0.129. The molecule has 0 spiro atoms. The van der Waals surface area contributed by atoms with Gasteiger partial charge in [0.05, 0.1) is 0 Å². The van der Waals surface area contributed by atoms with Gasteiger partial charge in [0.15, 0.2) is 0 Å². The van der Waals surface area contributed by atoms with Crippen molar-refractivity contribution in [2.24, 2.45) is 0 Å². The highest BCUT2D eigenvalue weighted by Gasteiger charge is 2.06. The first-order valence-corrected chi connectivity index (χ1v) is 7.08. The Morgan fingerprint density at radius 1 is 1.22 bits per heavy atom. The number of benzene rings is 1. The van der Waals surface area contributed by atoms with E-state index in [9.17, 15) is 4.39 Å². The quantitative estimate of drug-likeness (QED) is 0.790. The summed E-state index contributed by atoms with van der Waals surface area (Å²) in [7, 11) is 0. The van der Waals surface area contributed by atoms with Gasteiger partial charge in [0.25, 0.3) is 0 Å². The maximum Gasteiger partial charge on any atom is 0.127 e. The third-order valence-corrected chi connectivity index (χ3v) is 3.86. The molecule has 1 aromatic carbocycles. The minimum Gasteiger partial charge on any atom is -0.313 e. The van der Waals surface area contributed by atoms with Crippen LogP contribution in [-0.4, -0.2) is 6.54 Å². The summed E-state index contributed by atoms with van der Waals surface area (Å²) in [4.78, 5) is 2.48. The molecule has 0 unspecified atom stereocenters. The predicted octanol–water partition coefficient (Wildman–Crippen LogP) is 4.36. The summed E-state index contributed by atoms with van der Waals surface area (Å²) in [5, 5.41) is 3.24. The van der Waals surface area contributed by atoms with Crippen LogP contribution in [0.3, 0.4) is 0 Å². The van der Waals surface area contributed by atoms with Gasteiger partial charge in [-0.05, 0) is 49.7 Å². The third kappa shape index (κ3) is 3.18.